The van der Waals surface area contributed by atoms with Gasteiger partial charge in [-0.3, -0.25) is 4.79 Å². The van der Waals surface area contributed by atoms with E-state index in [-0.39, 0.29) is 5.78 Å². The fourth-order valence-corrected chi connectivity index (χ4v) is 2.27. The molecule has 0 bridgehead atoms. The predicted octanol–water partition coefficient (Wildman–Crippen LogP) is 4.13. The summed E-state index contributed by atoms with van der Waals surface area (Å²) in [6, 6.07) is 11.2. The molecule has 2 rings (SSSR count). The summed E-state index contributed by atoms with van der Waals surface area (Å²) >= 11 is 0. The molecule has 4 nitrogen and oxygen atoms in total. The molecule has 0 aromatic heterocycles. The highest BCUT2D eigenvalue weighted by molar-refractivity contribution is 6.05. The van der Waals surface area contributed by atoms with Crippen molar-refractivity contribution in [2.45, 2.75) is 13.8 Å². The molecule has 2 aromatic rings. The summed E-state index contributed by atoms with van der Waals surface area (Å²) in [5.41, 5.74) is 3.86. The lowest BCUT2D eigenvalue weighted by molar-refractivity contribution is 0.104. The second-order valence-corrected chi connectivity index (χ2v) is 5.23. The second-order valence-electron chi connectivity index (χ2n) is 5.23. The van der Waals surface area contributed by atoms with E-state index in [4.69, 9.17) is 9.47 Å². The predicted molar refractivity (Wildman–Crippen MR) is 92.6 cm³/mol. The van der Waals surface area contributed by atoms with Gasteiger partial charge in [0.15, 0.2) is 17.3 Å². The van der Waals surface area contributed by atoms with Crippen LogP contribution in [0.4, 0.5) is 5.69 Å². The molecule has 0 amide bonds. The van der Waals surface area contributed by atoms with Crippen LogP contribution in [0.1, 0.15) is 21.5 Å². The third kappa shape index (κ3) is 4.13. The van der Waals surface area contributed by atoms with Crippen molar-refractivity contribution < 1.29 is 14.3 Å². The van der Waals surface area contributed by atoms with Crippen molar-refractivity contribution in [1.82, 2.24) is 0 Å². The summed E-state index contributed by atoms with van der Waals surface area (Å²) < 4.78 is 10.4. The van der Waals surface area contributed by atoms with Gasteiger partial charge in [0.25, 0.3) is 0 Å². The largest absolute Gasteiger partial charge is 0.493 e. The third-order valence-electron chi connectivity index (χ3n) is 3.52. The highest BCUT2D eigenvalue weighted by Crippen LogP contribution is 2.27. The lowest BCUT2D eigenvalue weighted by atomic mass is 10.1. The number of aryl methyl sites for hydroxylation is 2. The Hall–Kier alpha value is -2.75. The first-order chi connectivity index (χ1) is 11.0. The van der Waals surface area contributed by atoms with Gasteiger partial charge in [-0.15, -0.1) is 0 Å². The number of carbonyl (C=O) groups is 1. The van der Waals surface area contributed by atoms with Gasteiger partial charge in [-0.1, -0.05) is 17.7 Å². The number of hydrogen-bond donors (Lipinski definition) is 1. The van der Waals surface area contributed by atoms with Gasteiger partial charge in [0.05, 0.1) is 14.2 Å². The van der Waals surface area contributed by atoms with Gasteiger partial charge in [0.2, 0.25) is 0 Å². The Labute approximate surface area is 136 Å². The van der Waals surface area contributed by atoms with Crippen molar-refractivity contribution in [3.63, 3.8) is 0 Å². The lowest BCUT2D eigenvalue weighted by Gasteiger charge is -2.08. The Morgan fingerprint density at radius 3 is 2.39 bits per heavy atom. The van der Waals surface area contributed by atoms with Crippen LogP contribution < -0.4 is 14.8 Å². The molecule has 0 aliphatic heterocycles. The van der Waals surface area contributed by atoms with E-state index >= 15 is 0 Å². The first kappa shape index (κ1) is 16.6. The molecular formula is C19H21NO3. The minimum Gasteiger partial charge on any atom is -0.493 e. The number of allylic oxidation sites excluding steroid dienone is 1. The molecule has 0 aliphatic carbocycles. The number of nitrogens with one attached hydrogen (secondary N) is 1. The number of methoxy groups -OCH3 is 2. The molecule has 0 saturated carbocycles. The molecule has 0 aliphatic rings. The maximum absolute atomic E-state index is 12.2. The van der Waals surface area contributed by atoms with Crippen LogP contribution in [0.25, 0.3) is 0 Å². The van der Waals surface area contributed by atoms with E-state index in [1.807, 2.05) is 26.0 Å². The molecule has 4 heteroatoms. The average molecular weight is 311 g/mol. The smallest absolute Gasteiger partial charge is 0.187 e. The first-order valence-electron chi connectivity index (χ1n) is 7.32. The van der Waals surface area contributed by atoms with Gasteiger partial charge >= 0.3 is 0 Å². The summed E-state index contributed by atoms with van der Waals surface area (Å²) in [6.07, 6.45) is 3.15. The average Bonchev–Trinajstić information content (AvgIpc) is 2.56. The van der Waals surface area contributed by atoms with Crippen molar-refractivity contribution >= 4 is 11.5 Å². The number of ketones is 1. The number of hydrogen-bond acceptors (Lipinski definition) is 4. The zero-order valence-corrected chi connectivity index (χ0v) is 13.8. The Morgan fingerprint density at radius 2 is 1.74 bits per heavy atom. The van der Waals surface area contributed by atoms with Gasteiger partial charge in [-0.05, 0) is 43.7 Å². The Kier molecular flexibility index (Phi) is 5.41. The Bertz CT molecular complexity index is 735. The van der Waals surface area contributed by atoms with Gasteiger partial charge < -0.3 is 14.8 Å². The Balaban J connectivity index is 2.09. The summed E-state index contributed by atoms with van der Waals surface area (Å²) in [7, 11) is 3.11. The van der Waals surface area contributed by atoms with Crippen LogP contribution in [0.15, 0.2) is 48.7 Å². The summed E-state index contributed by atoms with van der Waals surface area (Å²) in [6.45, 7) is 4.08. The normalized spacial score (nSPS) is 10.6. The fourth-order valence-electron chi connectivity index (χ4n) is 2.27. The van der Waals surface area contributed by atoms with E-state index in [1.54, 1.807) is 38.6 Å². The molecule has 120 valence electrons. The molecular weight excluding hydrogens is 290 g/mol. The quantitative estimate of drug-likeness (QED) is 0.643. The van der Waals surface area contributed by atoms with Crippen LogP contribution in [0.2, 0.25) is 0 Å². The molecule has 0 radical (unpaired) electrons. The number of rotatable bonds is 6. The van der Waals surface area contributed by atoms with Gasteiger partial charge in [-0.2, -0.15) is 0 Å². The molecule has 0 heterocycles. The lowest BCUT2D eigenvalue weighted by Crippen LogP contribution is -1.99. The van der Waals surface area contributed by atoms with Crippen LogP contribution in [0, 0.1) is 13.8 Å². The van der Waals surface area contributed by atoms with Crippen LogP contribution in [0.3, 0.4) is 0 Å². The monoisotopic (exact) mass is 311 g/mol. The van der Waals surface area contributed by atoms with Gasteiger partial charge in [0.1, 0.15) is 0 Å². The molecule has 0 unspecified atom stereocenters. The highest BCUT2D eigenvalue weighted by Gasteiger charge is 2.08. The Morgan fingerprint density at radius 1 is 1.00 bits per heavy atom. The van der Waals surface area contributed by atoms with E-state index in [1.165, 1.54) is 11.6 Å². The standard InChI is InChI=1S/C19H21NO3/c1-13-5-7-16(14(2)11-13)20-10-9-17(21)15-6-8-18(22-3)19(12-15)23-4/h5-12,20H,1-4H3/b10-9+. The van der Waals surface area contributed by atoms with E-state index < -0.39 is 0 Å². The van der Waals surface area contributed by atoms with Gasteiger partial charge in [0, 0.05) is 23.5 Å². The van der Waals surface area contributed by atoms with Crippen molar-refractivity contribution in [2.75, 3.05) is 19.5 Å². The van der Waals surface area contributed by atoms with Crippen molar-refractivity contribution in [3.05, 3.63) is 65.4 Å². The minimum absolute atomic E-state index is 0.108. The highest BCUT2D eigenvalue weighted by atomic mass is 16.5. The van der Waals surface area contributed by atoms with E-state index in [0.717, 1.165) is 11.3 Å². The van der Waals surface area contributed by atoms with Crippen LogP contribution in [-0.2, 0) is 0 Å². The molecule has 2 aromatic carbocycles. The van der Waals surface area contributed by atoms with Gasteiger partial charge in [-0.25, -0.2) is 0 Å². The maximum Gasteiger partial charge on any atom is 0.187 e. The number of ether oxygens (including phenoxy) is 2. The zero-order valence-electron chi connectivity index (χ0n) is 13.8. The molecule has 0 fully saturated rings. The summed E-state index contributed by atoms with van der Waals surface area (Å²) in [4.78, 5) is 12.2. The number of benzene rings is 2. The third-order valence-corrected chi connectivity index (χ3v) is 3.52. The van der Waals surface area contributed by atoms with Crippen LogP contribution >= 0.6 is 0 Å². The van der Waals surface area contributed by atoms with E-state index in [2.05, 4.69) is 11.4 Å². The summed E-state index contributed by atoms with van der Waals surface area (Å²) in [5, 5.41) is 3.13. The maximum atomic E-state index is 12.2. The van der Waals surface area contributed by atoms with E-state index in [9.17, 15) is 4.79 Å². The second kappa shape index (κ2) is 7.49. The number of anilines is 1. The minimum atomic E-state index is -0.108. The number of carbonyl (C=O) groups excluding carboxylic acids is 1. The van der Waals surface area contributed by atoms with Crippen LogP contribution in [0.5, 0.6) is 11.5 Å². The molecule has 0 saturated heterocycles. The summed E-state index contributed by atoms with van der Waals surface area (Å²) in [5.74, 6) is 1.03. The van der Waals surface area contributed by atoms with Crippen molar-refractivity contribution in [2.24, 2.45) is 0 Å². The SMILES string of the molecule is COc1ccc(C(=O)/C=C/Nc2ccc(C)cc2C)cc1OC. The van der Waals surface area contributed by atoms with Crippen molar-refractivity contribution in [3.8, 4) is 11.5 Å². The fraction of sp³-hybridized carbons (Fsp3) is 0.211. The first-order valence-corrected chi connectivity index (χ1v) is 7.32. The molecule has 23 heavy (non-hydrogen) atoms. The molecule has 0 atom stereocenters. The molecule has 0 spiro atoms. The van der Waals surface area contributed by atoms with Crippen LogP contribution in [-0.4, -0.2) is 20.0 Å². The van der Waals surface area contributed by atoms with Crippen molar-refractivity contribution in [1.29, 1.82) is 0 Å². The molecule has 1 N–H and O–H groups in total. The van der Waals surface area contributed by atoms with E-state index in [0.29, 0.717) is 17.1 Å². The topological polar surface area (TPSA) is 47.6 Å². The zero-order chi connectivity index (χ0) is 16.8.